The van der Waals surface area contributed by atoms with E-state index in [4.69, 9.17) is 0 Å². The summed E-state index contributed by atoms with van der Waals surface area (Å²) in [4.78, 5) is 12.6. The van der Waals surface area contributed by atoms with Gasteiger partial charge in [-0.25, -0.2) is 0 Å². The van der Waals surface area contributed by atoms with Gasteiger partial charge in [-0.3, -0.25) is 4.79 Å². The van der Waals surface area contributed by atoms with Gasteiger partial charge < -0.3 is 0 Å². The Balaban J connectivity index is 2.55. The molecule has 0 aliphatic rings. The number of rotatable bonds is 2. The molecule has 1 heteroatoms. The van der Waals surface area contributed by atoms with Crippen molar-refractivity contribution in [2.45, 2.75) is 27.7 Å². The summed E-state index contributed by atoms with van der Waals surface area (Å²) in [5.41, 5.74) is 5.95. The second kappa shape index (κ2) is 4.77. The summed E-state index contributed by atoms with van der Waals surface area (Å²) in [6.45, 7) is 8.02. The van der Waals surface area contributed by atoms with Gasteiger partial charge in [0.1, 0.15) is 0 Å². The molecule has 0 atom stereocenters. The molecule has 0 aromatic heterocycles. The van der Waals surface area contributed by atoms with Crippen LogP contribution in [0.5, 0.6) is 0 Å². The van der Waals surface area contributed by atoms with Crippen LogP contribution >= 0.6 is 0 Å². The summed E-state index contributed by atoms with van der Waals surface area (Å²) < 4.78 is 0. The van der Waals surface area contributed by atoms with Gasteiger partial charge in [0.2, 0.25) is 0 Å². The predicted octanol–water partition coefficient (Wildman–Crippen LogP) is 4.15. The minimum absolute atomic E-state index is 0.128. The lowest BCUT2D eigenvalue weighted by Gasteiger charge is -2.11. The van der Waals surface area contributed by atoms with Crippen molar-refractivity contribution in [1.82, 2.24) is 0 Å². The number of ketones is 1. The van der Waals surface area contributed by atoms with Gasteiger partial charge in [-0.15, -0.1) is 0 Å². The molecule has 0 aliphatic carbocycles. The van der Waals surface area contributed by atoms with E-state index in [1.807, 2.05) is 58.0 Å². The maximum absolute atomic E-state index is 12.6. The first-order valence-corrected chi connectivity index (χ1v) is 6.19. The molecular weight excluding hydrogens is 220 g/mol. The lowest BCUT2D eigenvalue weighted by atomic mass is 9.92. The maximum Gasteiger partial charge on any atom is 0.193 e. The van der Waals surface area contributed by atoms with Crippen LogP contribution in [0.1, 0.15) is 38.2 Å². The Bertz CT molecular complexity index is 589. The van der Waals surface area contributed by atoms with E-state index in [2.05, 4.69) is 6.07 Å². The van der Waals surface area contributed by atoms with E-state index in [1.165, 1.54) is 5.56 Å². The number of benzene rings is 2. The van der Waals surface area contributed by atoms with Crippen molar-refractivity contribution in [3.63, 3.8) is 0 Å². The third-order valence-corrected chi connectivity index (χ3v) is 3.33. The highest BCUT2D eigenvalue weighted by molar-refractivity contribution is 6.11. The van der Waals surface area contributed by atoms with Gasteiger partial charge in [0.05, 0.1) is 0 Å². The summed E-state index contributed by atoms with van der Waals surface area (Å²) in [5.74, 6) is 0.128. The number of carbonyl (C=O) groups excluding carboxylic acids is 1. The van der Waals surface area contributed by atoms with Crippen LogP contribution in [0.4, 0.5) is 0 Å². The van der Waals surface area contributed by atoms with Crippen LogP contribution in [0.3, 0.4) is 0 Å². The molecule has 0 amide bonds. The van der Waals surface area contributed by atoms with Crippen molar-refractivity contribution in [1.29, 1.82) is 0 Å². The van der Waals surface area contributed by atoms with Crippen LogP contribution in [0.2, 0.25) is 0 Å². The zero-order valence-electron chi connectivity index (χ0n) is 11.4. The van der Waals surface area contributed by atoms with Gasteiger partial charge >= 0.3 is 0 Å². The molecule has 2 aromatic carbocycles. The van der Waals surface area contributed by atoms with Gasteiger partial charge in [-0.05, 0) is 44.4 Å². The van der Waals surface area contributed by atoms with Gasteiger partial charge in [0, 0.05) is 11.1 Å². The molecule has 0 saturated carbocycles. The quantitative estimate of drug-likeness (QED) is 0.718. The molecule has 0 N–H and O–H groups in total. The molecule has 0 bridgehead atoms. The fourth-order valence-corrected chi connectivity index (χ4v) is 2.38. The van der Waals surface area contributed by atoms with Crippen LogP contribution < -0.4 is 0 Å². The van der Waals surface area contributed by atoms with E-state index in [0.29, 0.717) is 0 Å². The van der Waals surface area contributed by atoms with E-state index >= 15 is 0 Å². The molecule has 0 aliphatic heterocycles. The Kier molecular flexibility index (Phi) is 3.33. The normalized spacial score (nSPS) is 10.4. The topological polar surface area (TPSA) is 17.1 Å². The molecule has 2 aromatic rings. The van der Waals surface area contributed by atoms with Crippen LogP contribution in [-0.2, 0) is 0 Å². The molecule has 2 rings (SSSR count). The fraction of sp³-hybridized carbons (Fsp3) is 0.235. The molecule has 0 fully saturated rings. The Labute approximate surface area is 108 Å². The monoisotopic (exact) mass is 238 g/mol. The Hall–Kier alpha value is -1.89. The zero-order valence-corrected chi connectivity index (χ0v) is 11.4. The first-order valence-electron chi connectivity index (χ1n) is 6.19. The number of aryl methyl sites for hydroxylation is 4. The Morgan fingerprint density at radius 2 is 1.44 bits per heavy atom. The summed E-state index contributed by atoms with van der Waals surface area (Å²) >= 11 is 0. The molecule has 0 radical (unpaired) electrons. The van der Waals surface area contributed by atoms with E-state index in [0.717, 1.165) is 27.8 Å². The summed E-state index contributed by atoms with van der Waals surface area (Å²) in [6.07, 6.45) is 0. The molecule has 0 spiro atoms. The lowest BCUT2D eigenvalue weighted by Crippen LogP contribution is -2.08. The van der Waals surface area contributed by atoms with Gasteiger partial charge in [0.15, 0.2) is 5.78 Å². The van der Waals surface area contributed by atoms with Crippen LogP contribution in [0, 0.1) is 27.7 Å². The van der Waals surface area contributed by atoms with E-state index in [1.54, 1.807) is 0 Å². The Morgan fingerprint density at radius 1 is 0.833 bits per heavy atom. The van der Waals surface area contributed by atoms with E-state index in [9.17, 15) is 4.79 Å². The van der Waals surface area contributed by atoms with Crippen molar-refractivity contribution < 1.29 is 4.79 Å². The molecular formula is C17H18O. The van der Waals surface area contributed by atoms with E-state index < -0.39 is 0 Å². The first-order chi connectivity index (χ1) is 8.50. The van der Waals surface area contributed by atoms with Crippen molar-refractivity contribution in [2.24, 2.45) is 0 Å². The average Bonchev–Trinajstić information content (AvgIpc) is 2.28. The summed E-state index contributed by atoms with van der Waals surface area (Å²) in [5, 5.41) is 0. The molecule has 18 heavy (non-hydrogen) atoms. The standard InChI is InChI=1S/C17H18O/c1-11-8-9-15(14(4)10-11)17(18)16-12(2)6-5-7-13(16)3/h5-10H,1-4H3. The van der Waals surface area contributed by atoms with Crippen molar-refractivity contribution in [2.75, 3.05) is 0 Å². The Morgan fingerprint density at radius 3 is 2.00 bits per heavy atom. The van der Waals surface area contributed by atoms with Gasteiger partial charge in [-0.1, -0.05) is 42.0 Å². The molecule has 0 heterocycles. The average molecular weight is 238 g/mol. The number of hydrogen-bond donors (Lipinski definition) is 0. The van der Waals surface area contributed by atoms with Gasteiger partial charge in [0.25, 0.3) is 0 Å². The number of carbonyl (C=O) groups is 1. The summed E-state index contributed by atoms with van der Waals surface area (Å²) in [7, 11) is 0. The lowest BCUT2D eigenvalue weighted by molar-refractivity contribution is 0.103. The van der Waals surface area contributed by atoms with E-state index in [-0.39, 0.29) is 5.78 Å². The predicted molar refractivity (Wildman–Crippen MR) is 75.3 cm³/mol. The molecule has 0 saturated heterocycles. The zero-order chi connectivity index (χ0) is 13.3. The minimum Gasteiger partial charge on any atom is -0.289 e. The van der Waals surface area contributed by atoms with Crippen LogP contribution in [0.25, 0.3) is 0 Å². The molecule has 1 nitrogen and oxygen atoms in total. The second-order valence-electron chi connectivity index (χ2n) is 4.91. The summed E-state index contributed by atoms with van der Waals surface area (Å²) in [6, 6.07) is 11.9. The number of hydrogen-bond acceptors (Lipinski definition) is 1. The highest BCUT2D eigenvalue weighted by atomic mass is 16.1. The minimum atomic E-state index is 0.128. The van der Waals surface area contributed by atoms with Gasteiger partial charge in [-0.2, -0.15) is 0 Å². The van der Waals surface area contributed by atoms with Crippen LogP contribution in [0.15, 0.2) is 36.4 Å². The highest BCUT2D eigenvalue weighted by Crippen LogP contribution is 2.20. The SMILES string of the molecule is Cc1ccc(C(=O)c2c(C)cccc2C)c(C)c1. The molecule has 0 unspecified atom stereocenters. The second-order valence-corrected chi connectivity index (χ2v) is 4.91. The van der Waals surface area contributed by atoms with Crippen molar-refractivity contribution in [3.8, 4) is 0 Å². The smallest absolute Gasteiger partial charge is 0.193 e. The molecule has 92 valence electrons. The maximum atomic E-state index is 12.6. The van der Waals surface area contributed by atoms with Crippen molar-refractivity contribution >= 4 is 5.78 Å². The van der Waals surface area contributed by atoms with Crippen molar-refractivity contribution in [3.05, 3.63) is 69.8 Å². The largest absolute Gasteiger partial charge is 0.289 e. The van der Waals surface area contributed by atoms with Crippen LogP contribution in [-0.4, -0.2) is 5.78 Å². The third kappa shape index (κ3) is 2.21. The fourth-order valence-electron chi connectivity index (χ4n) is 2.38. The third-order valence-electron chi connectivity index (χ3n) is 3.33. The highest BCUT2D eigenvalue weighted by Gasteiger charge is 2.15. The first kappa shape index (κ1) is 12.6.